The fraction of sp³-hybridized carbons (Fsp3) is 0.650. The lowest BCUT2D eigenvalue weighted by Crippen LogP contribution is -2.30. The normalized spacial score (nSPS) is 27.5. The van der Waals surface area contributed by atoms with Crippen molar-refractivity contribution in [1.82, 2.24) is 10.2 Å². The summed E-state index contributed by atoms with van der Waals surface area (Å²) in [6.45, 7) is 3.60. The van der Waals surface area contributed by atoms with E-state index in [4.69, 9.17) is 4.74 Å². The van der Waals surface area contributed by atoms with E-state index in [1.165, 1.54) is 37.9 Å². The number of likely N-dealkylation sites (tertiary alicyclic amines) is 1. The highest BCUT2D eigenvalue weighted by molar-refractivity contribution is 5.94. The highest BCUT2D eigenvalue weighted by Crippen LogP contribution is 2.25. The van der Waals surface area contributed by atoms with Crippen LogP contribution in [0.25, 0.3) is 0 Å². The molecule has 1 aromatic rings. The molecule has 1 amide bonds. The van der Waals surface area contributed by atoms with Crippen LogP contribution in [0.1, 0.15) is 54.4 Å². The van der Waals surface area contributed by atoms with E-state index in [2.05, 4.69) is 22.3 Å². The number of carbonyl (C=O) groups excluding carboxylic acids is 1. The third-order valence-electron chi connectivity index (χ3n) is 5.45. The van der Waals surface area contributed by atoms with Gasteiger partial charge in [-0.05, 0) is 75.7 Å². The number of ether oxygens (including phenoxy) is 1. The van der Waals surface area contributed by atoms with E-state index in [0.29, 0.717) is 18.2 Å². The van der Waals surface area contributed by atoms with Gasteiger partial charge in [-0.2, -0.15) is 0 Å². The number of nitrogens with one attached hydrogen (secondary N) is 1. The quantitative estimate of drug-likeness (QED) is 0.873. The van der Waals surface area contributed by atoms with Crippen molar-refractivity contribution < 1.29 is 9.53 Å². The number of carbonyl (C=O) groups is 1. The van der Waals surface area contributed by atoms with Gasteiger partial charge in [0.05, 0.1) is 12.2 Å². The monoisotopic (exact) mass is 328 g/mol. The number of nitrogens with zero attached hydrogens (tertiary/aromatic N) is 1. The SMILES string of the molecule is O=C(NC1CC1)c1ccc(C[C@@H]2CC[C@H](CN3CCCC3)O2)cc1. The Morgan fingerprint density at radius 2 is 1.75 bits per heavy atom. The van der Waals surface area contributed by atoms with Crippen LogP contribution in [0.5, 0.6) is 0 Å². The van der Waals surface area contributed by atoms with Gasteiger partial charge >= 0.3 is 0 Å². The van der Waals surface area contributed by atoms with Crippen LogP contribution in [0.4, 0.5) is 0 Å². The van der Waals surface area contributed by atoms with Gasteiger partial charge in [0, 0.05) is 18.2 Å². The molecule has 1 N–H and O–H groups in total. The summed E-state index contributed by atoms with van der Waals surface area (Å²) < 4.78 is 6.24. The Morgan fingerprint density at radius 1 is 1.04 bits per heavy atom. The van der Waals surface area contributed by atoms with Gasteiger partial charge in [0.25, 0.3) is 5.91 Å². The third-order valence-corrected chi connectivity index (χ3v) is 5.45. The maximum atomic E-state index is 12.0. The number of hydrogen-bond donors (Lipinski definition) is 1. The van der Waals surface area contributed by atoms with Gasteiger partial charge in [-0.25, -0.2) is 0 Å². The first kappa shape index (κ1) is 16.1. The lowest BCUT2D eigenvalue weighted by atomic mass is 10.0. The Balaban J connectivity index is 1.25. The van der Waals surface area contributed by atoms with Crippen molar-refractivity contribution >= 4 is 5.91 Å². The van der Waals surface area contributed by atoms with E-state index >= 15 is 0 Å². The molecular weight excluding hydrogens is 300 g/mol. The standard InChI is InChI=1S/C20H28N2O2/c23-20(21-17-7-8-17)16-5-3-15(4-6-16)13-18-9-10-19(24-18)14-22-11-1-2-12-22/h3-6,17-19H,1-2,7-14H2,(H,21,23)/t18-,19+/m0/s1. The highest BCUT2D eigenvalue weighted by atomic mass is 16.5. The predicted molar refractivity (Wildman–Crippen MR) is 94.2 cm³/mol. The molecule has 1 saturated carbocycles. The average molecular weight is 328 g/mol. The van der Waals surface area contributed by atoms with Crippen molar-refractivity contribution in [3.05, 3.63) is 35.4 Å². The first-order valence-electron chi connectivity index (χ1n) is 9.54. The minimum absolute atomic E-state index is 0.0619. The van der Waals surface area contributed by atoms with Crippen molar-refractivity contribution in [3.63, 3.8) is 0 Å². The zero-order valence-corrected chi connectivity index (χ0v) is 14.4. The molecule has 130 valence electrons. The number of benzene rings is 1. The zero-order valence-electron chi connectivity index (χ0n) is 14.4. The van der Waals surface area contributed by atoms with Crippen LogP contribution >= 0.6 is 0 Å². The summed E-state index contributed by atoms with van der Waals surface area (Å²) in [5, 5.41) is 3.03. The summed E-state index contributed by atoms with van der Waals surface area (Å²) in [4.78, 5) is 14.6. The molecule has 24 heavy (non-hydrogen) atoms. The van der Waals surface area contributed by atoms with Gasteiger partial charge in [-0.3, -0.25) is 4.79 Å². The maximum absolute atomic E-state index is 12.0. The molecule has 2 aliphatic heterocycles. The molecule has 0 radical (unpaired) electrons. The zero-order chi connectivity index (χ0) is 16.4. The van der Waals surface area contributed by atoms with E-state index in [1.807, 2.05) is 12.1 Å². The first-order chi connectivity index (χ1) is 11.8. The van der Waals surface area contributed by atoms with Gasteiger partial charge in [0.1, 0.15) is 0 Å². The van der Waals surface area contributed by atoms with Gasteiger partial charge in [0.2, 0.25) is 0 Å². The molecule has 2 atom stereocenters. The van der Waals surface area contributed by atoms with E-state index in [0.717, 1.165) is 37.8 Å². The summed E-state index contributed by atoms with van der Waals surface area (Å²) in [6.07, 6.45) is 8.99. The summed E-state index contributed by atoms with van der Waals surface area (Å²) >= 11 is 0. The van der Waals surface area contributed by atoms with Crippen molar-refractivity contribution in [2.75, 3.05) is 19.6 Å². The Bertz CT molecular complexity index is 562. The Hall–Kier alpha value is -1.39. The topological polar surface area (TPSA) is 41.6 Å². The lowest BCUT2D eigenvalue weighted by molar-refractivity contribution is 0.0275. The molecule has 4 nitrogen and oxygen atoms in total. The molecule has 0 unspecified atom stereocenters. The lowest BCUT2D eigenvalue weighted by Gasteiger charge is -2.20. The highest BCUT2D eigenvalue weighted by Gasteiger charge is 2.28. The van der Waals surface area contributed by atoms with Crippen LogP contribution in [-0.2, 0) is 11.2 Å². The maximum Gasteiger partial charge on any atom is 0.251 e. The van der Waals surface area contributed by atoms with Crippen molar-refractivity contribution in [3.8, 4) is 0 Å². The smallest absolute Gasteiger partial charge is 0.251 e. The van der Waals surface area contributed by atoms with Crippen LogP contribution in [-0.4, -0.2) is 48.7 Å². The second-order valence-electron chi connectivity index (χ2n) is 7.61. The fourth-order valence-electron chi connectivity index (χ4n) is 3.87. The molecule has 1 aliphatic carbocycles. The second kappa shape index (κ2) is 7.24. The Kier molecular flexibility index (Phi) is 4.86. The molecule has 3 aliphatic rings. The van der Waals surface area contributed by atoms with E-state index in [1.54, 1.807) is 0 Å². The van der Waals surface area contributed by atoms with Crippen molar-refractivity contribution in [2.45, 2.75) is 63.2 Å². The summed E-state index contributed by atoms with van der Waals surface area (Å²) in [6, 6.07) is 8.47. The molecule has 4 heteroatoms. The molecule has 2 saturated heterocycles. The third kappa shape index (κ3) is 4.17. The molecule has 0 spiro atoms. The van der Waals surface area contributed by atoms with Gasteiger partial charge in [-0.15, -0.1) is 0 Å². The number of rotatable bonds is 6. The molecule has 3 fully saturated rings. The minimum atomic E-state index is 0.0619. The Morgan fingerprint density at radius 3 is 2.46 bits per heavy atom. The summed E-state index contributed by atoms with van der Waals surface area (Å²) in [7, 11) is 0. The van der Waals surface area contributed by atoms with E-state index < -0.39 is 0 Å². The van der Waals surface area contributed by atoms with Crippen LogP contribution in [0.3, 0.4) is 0 Å². The molecular formula is C20H28N2O2. The molecule has 1 aromatic carbocycles. The number of hydrogen-bond acceptors (Lipinski definition) is 3. The first-order valence-corrected chi connectivity index (χ1v) is 9.54. The van der Waals surface area contributed by atoms with E-state index in [9.17, 15) is 4.79 Å². The van der Waals surface area contributed by atoms with Crippen molar-refractivity contribution in [2.24, 2.45) is 0 Å². The summed E-state index contributed by atoms with van der Waals surface area (Å²) in [5.74, 6) is 0.0619. The van der Waals surface area contributed by atoms with Gasteiger partial charge in [-0.1, -0.05) is 12.1 Å². The second-order valence-corrected chi connectivity index (χ2v) is 7.61. The van der Waals surface area contributed by atoms with Crippen LogP contribution in [0, 0.1) is 0 Å². The molecule has 4 rings (SSSR count). The van der Waals surface area contributed by atoms with E-state index in [-0.39, 0.29) is 5.91 Å². The average Bonchev–Trinajstić information content (AvgIpc) is 3.07. The fourth-order valence-corrected chi connectivity index (χ4v) is 3.87. The summed E-state index contributed by atoms with van der Waals surface area (Å²) in [5.41, 5.74) is 2.04. The molecule has 0 aromatic heterocycles. The molecule has 0 bridgehead atoms. The minimum Gasteiger partial charge on any atom is -0.373 e. The van der Waals surface area contributed by atoms with Crippen LogP contribution < -0.4 is 5.32 Å². The predicted octanol–water partition coefficient (Wildman–Crippen LogP) is 2.76. The van der Waals surface area contributed by atoms with Gasteiger partial charge in [0.15, 0.2) is 0 Å². The van der Waals surface area contributed by atoms with Crippen LogP contribution in [0.15, 0.2) is 24.3 Å². The largest absolute Gasteiger partial charge is 0.373 e. The number of amides is 1. The van der Waals surface area contributed by atoms with Crippen LogP contribution in [0.2, 0.25) is 0 Å². The van der Waals surface area contributed by atoms with Crippen molar-refractivity contribution in [1.29, 1.82) is 0 Å². The molecule has 2 heterocycles. The Labute approximate surface area is 144 Å². The van der Waals surface area contributed by atoms with Gasteiger partial charge < -0.3 is 15.0 Å².